The predicted molar refractivity (Wildman–Crippen MR) is 169 cm³/mol. The second kappa shape index (κ2) is 12.3. The smallest absolute Gasteiger partial charge is 0.361 e. The van der Waals surface area contributed by atoms with Gasteiger partial charge in [0.15, 0.2) is 0 Å². The average molecular weight is 574 g/mol. The summed E-state index contributed by atoms with van der Waals surface area (Å²) >= 11 is 0. The molecule has 1 aliphatic heterocycles. The Labute approximate surface area is 243 Å². The highest BCUT2D eigenvalue weighted by Gasteiger charge is 2.30. The normalized spacial score (nSPS) is 14.8. The van der Waals surface area contributed by atoms with Crippen LogP contribution in [0.1, 0.15) is 33.3 Å². The summed E-state index contributed by atoms with van der Waals surface area (Å²) in [5.74, 6) is 0.536. The highest BCUT2D eigenvalue weighted by Crippen LogP contribution is 2.49. The van der Waals surface area contributed by atoms with E-state index in [2.05, 4.69) is 52.3 Å². The molecule has 1 N–H and O–H groups in total. The molecule has 1 fully saturated rings. The highest BCUT2D eigenvalue weighted by molar-refractivity contribution is 7.62. The van der Waals surface area contributed by atoms with Crippen molar-refractivity contribution in [3.8, 4) is 11.1 Å². The predicted octanol–water partition coefficient (Wildman–Crippen LogP) is 6.77. The van der Waals surface area contributed by atoms with Crippen molar-refractivity contribution in [2.45, 2.75) is 46.8 Å². The molecule has 0 amide bonds. The van der Waals surface area contributed by atoms with Gasteiger partial charge in [-0.2, -0.15) is 0 Å². The quantitative estimate of drug-likeness (QED) is 0.220. The molecule has 0 spiro atoms. The van der Waals surface area contributed by atoms with Crippen LogP contribution in [-0.4, -0.2) is 60.3 Å². The van der Waals surface area contributed by atoms with E-state index < -0.39 is 7.60 Å². The van der Waals surface area contributed by atoms with E-state index in [0.29, 0.717) is 11.3 Å². The number of nitrogens with one attached hydrogen (secondary N) is 1. The zero-order chi connectivity index (χ0) is 29.1. The van der Waals surface area contributed by atoms with Crippen molar-refractivity contribution in [2.75, 3.05) is 43.4 Å². The number of para-hydroxylation sites is 1. The molecule has 0 atom stereocenters. The van der Waals surface area contributed by atoms with Crippen LogP contribution in [0.4, 0.5) is 17.3 Å². The fraction of sp³-hybridized carbons (Fsp3) is 0.375. The highest BCUT2D eigenvalue weighted by atomic mass is 31.2. The van der Waals surface area contributed by atoms with Gasteiger partial charge in [0.05, 0.1) is 23.0 Å². The second-order valence-electron chi connectivity index (χ2n) is 11.2. The molecule has 216 valence electrons. The number of likely N-dealkylation sites (N-methyl/N-ethyl adjacent to an activating group) is 1. The number of hydrogen-bond donors (Lipinski definition) is 1. The monoisotopic (exact) mass is 573 g/mol. The van der Waals surface area contributed by atoms with Crippen molar-refractivity contribution < 1.29 is 13.6 Å². The lowest BCUT2D eigenvalue weighted by molar-refractivity contribution is 0.150. The van der Waals surface area contributed by atoms with Crippen LogP contribution in [0, 0.1) is 6.92 Å². The summed E-state index contributed by atoms with van der Waals surface area (Å²) in [4.78, 5) is 14.3. The number of aryl methyl sites for hydroxylation is 1. The molecular weight excluding hydrogens is 533 g/mol. The van der Waals surface area contributed by atoms with Crippen LogP contribution in [0.25, 0.3) is 22.0 Å². The molecule has 4 aromatic rings. The molecule has 0 unspecified atom stereocenters. The van der Waals surface area contributed by atoms with Crippen molar-refractivity contribution in [2.24, 2.45) is 0 Å². The van der Waals surface area contributed by atoms with Gasteiger partial charge in [0.25, 0.3) is 0 Å². The van der Waals surface area contributed by atoms with Gasteiger partial charge >= 0.3 is 7.60 Å². The first kappa shape index (κ1) is 29.2. The summed E-state index contributed by atoms with van der Waals surface area (Å²) in [7, 11) is -1.28. The number of anilines is 3. The van der Waals surface area contributed by atoms with Crippen molar-refractivity contribution in [3.63, 3.8) is 0 Å². The fourth-order valence-corrected chi connectivity index (χ4v) is 7.06. The maximum absolute atomic E-state index is 13.6. The minimum atomic E-state index is -3.45. The molecule has 1 saturated heterocycles. The zero-order valence-electron chi connectivity index (χ0n) is 24.8. The maximum atomic E-state index is 13.6. The largest absolute Gasteiger partial charge is 0.369 e. The lowest BCUT2D eigenvalue weighted by atomic mass is 10.0. The van der Waals surface area contributed by atoms with Crippen LogP contribution < -0.4 is 15.5 Å². The third-order valence-corrected chi connectivity index (χ3v) is 9.43. The Morgan fingerprint density at radius 3 is 2.22 bits per heavy atom. The van der Waals surface area contributed by atoms with Gasteiger partial charge in [-0.3, -0.25) is 4.57 Å². The van der Waals surface area contributed by atoms with Crippen LogP contribution in [0.15, 0.2) is 66.9 Å². The van der Waals surface area contributed by atoms with E-state index in [1.54, 1.807) is 0 Å². The van der Waals surface area contributed by atoms with Crippen LogP contribution in [-0.2, 0) is 13.6 Å². The molecule has 41 heavy (non-hydrogen) atoms. The first-order valence-electron chi connectivity index (χ1n) is 14.3. The molecule has 0 bridgehead atoms. The molecule has 2 heterocycles. The summed E-state index contributed by atoms with van der Waals surface area (Å²) in [6.07, 6.45) is 1.38. The van der Waals surface area contributed by atoms with E-state index >= 15 is 0 Å². The van der Waals surface area contributed by atoms with Crippen molar-refractivity contribution in [1.82, 2.24) is 14.9 Å². The minimum Gasteiger partial charge on any atom is -0.369 e. The number of nitrogens with zero attached hydrogens (tertiary/aromatic N) is 4. The van der Waals surface area contributed by atoms with E-state index in [9.17, 15) is 4.57 Å². The van der Waals surface area contributed by atoms with Crippen LogP contribution in [0.5, 0.6) is 0 Å². The SMILES string of the molecule is Cc1cc(Nc2ncc3cccc(-c4ccc(P(=O)(OC(C)C)OC(C)C)cc4)c3n2)ccc1N1CCN(C)CC1. The third kappa shape index (κ3) is 6.79. The summed E-state index contributed by atoms with van der Waals surface area (Å²) in [5.41, 5.74) is 6.20. The second-order valence-corrected chi connectivity index (χ2v) is 13.1. The number of aromatic nitrogens is 2. The zero-order valence-corrected chi connectivity index (χ0v) is 25.7. The van der Waals surface area contributed by atoms with Gasteiger partial charge < -0.3 is 24.2 Å². The molecule has 0 aliphatic carbocycles. The Morgan fingerprint density at radius 2 is 1.59 bits per heavy atom. The van der Waals surface area contributed by atoms with Gasteiger partial charge in [-0.25, -0.2) is 9.97 Å². The van der Waals surface area contributed by atoms with E-state index in [0.717, 1.165) is 53.9 Å². The average Bonchev–Trinajstić information content (AvgIpc) is 2.93. The molecule has 9 heteroatoms. The van der Waals surface area contributed by atoms with Gasteiger partial charge in [0.2, 0.25) is 5.95 Å². The van der Waals surface area contributed by atoms with E-state index in [1.165, 1.54) is 11.3 Å². The van der Waals surface area contributed by atoms with Crippen LogP contribution in [0.3, 0.4) is 0 Å². The summed E-state index contributed by atoms with van der Waals surface area (Å²) in [5, 5.41) is 4.88. The molecule has 0 saturated carbocycles. The van der Waals surface area contributed by atoms with Gasteiger partial charge in [0.1, 0.15) is 0 Å². The number of rotatable bonds is 9. The Bertz CT molecular complexity index is 1540. The van der Waals surface area contributed by atoms with Crippen molar-refractivity contribution in [3.05, 3.63) is 72.4 Å². The molecule has 1 aliphatic rings. The molecule has 3 aromatic carbocycles. The molecule has 0 radical (unpaired) electrons. The van der Waals surface area contributed by atoms with E-state index in [1.807, 2.05) is 76.4 Å². The maximum Gasteiger partial charge on any atom is 0.361 e. The van der Waals surface area contributed by atoms with Crippen molar-refractivity contribution in [1.29, 1.82) is 0 Å². The molecule has 5 rings (SSSR count). The lowest BCUT2D eigenvalue weighted by Crippen LogP contribution is -2.44. The van der Waals surface area contributed by atoms with Crippen LogP contribution >= 0.6 is 7.60 Å². The molecule has 1 aromatic heterocycles. The minimum absolute atomic E-state index is 0.230. The molecule has 8 nitrogen and oxygen atoms in total. The Morgan fingerprint density at radius 1 is 0.902 bits per heavy atom. The third-order valence-electron chi connectivity index (χ3n) is 7.10. The topological polar surface area (TPSA) is 79.8 Å². The van der Waals surface area contributed by atoms with Gasteiger partial charge in [-0.15, -0.1) is 0 Å². The Kier molecular flexibility index (Phi) is 8.76. The van der Waals surface area contributed by atoms with Crippen molar-refractivity contribution >= 4 is 41.1 Å². The van der Waals surface area contributed by atoms with Gasteiger partial charge in [0, 0.05) is 54.7 Å². The summed E-state index contributed by atoms with van der Waals surface area (Å²) in [6, 6.07) is 20.0. The fourth-order valence-electron chi connectivity index (χ4n) is 5.14. The van der Waals surface area contributed by atoms with E-state index in [4.69, 9.17) is 14.0 Å². The first-order valence-corrected chi connectivity index (χ1v) is 15.8. The standard InChI is InChI=1S/C32H40N5O3P/c1-22(2)39-41(38,40-23(3)4)28-13-10-25(11-14-28)29-9-7-8-26-21-33-32(35-31(26)29)34-27-12-15-30(24(5)20-27)37-18-16-36(6)17-19-37/h7-15,20-23H,16-19H2,1-6H3,(H,33,34,35). The van der Waals surface area contributed by atoms with Gasteiger partial charge in [-0.05, 0) is 83.1 Å². The van der Waals surface area contributed by atoms with Gasteiger partial charge in [-0.1, -0.05) is 30.3 Å². The number of fused-ring (bicyclic) bond motifs is 1. The molecular formula is C32H40N5O3P. The number of piperazine rings is 1. The Balaban J connectivity index is 1.40. The lowest BCUT2D eigenvalue weighted by Gasteiger charge is -2.35. The first-order chi connectivity index (χ1) is 19.6. The number of benzene rings is 3. The summed E-state index contributed by atoms with van der Waals surface area (Å²) in [6.45, 7) is 13.8. The summed E-state index contributed by atoms with van der Waals surface area (Å²) < 4.78 is 25.1. The Hall–Kier alpha value is -3.29. The van der Waals surface area contributed by atoms with E-state index in [-0.39, 0.29) is 12.2 Å². The number of hydrogen-bond acceptors (Lipinski definition) is 8. The van der Waals surface area contributed by atoms with Crippen LogP contribution in [0.2, 0.25) is 0 Å².